The number of methoxy groups -OCH3 is 1. The number of hydrogen-bond donors (Lipinski definition) is 2. The molecule has 2 amide bonds. The van der Waals surface area contributed by atoms with Crippen LogP contribution < -0.4 is 20.2 Å². The van der Waals surface area contributed by atoms with E-state index in [4.69, 9.17) is 32.7 Å². The fraction of sp³-hybridized carbons (Fsp3) is 0.375. The number of ether oxygens (including phenoxy) is 2. The number of halogens is 2. The Morgan fingerprint density at radius 2 is 1.82 bits per heavy atom. The molecule has 0 aliphatic carbocycles. The van der Waals surface area contributed by atoms with Crippen molar-refractivity contribution in [1.29, 1.82) is 0 Å². The molecule has 178 valence electrons. The van der Waals surface area contributed by atoms with Crippen molar-refractivity contribution >= 4 is 41.2 Å². The third kappa shape index (κ3) is 8.26. The van der Waals surface area contributed by atoms with Crippen molar-refractivity contribution in [3.05, 3.63) is 57.6 Å². The second-order valence-electron chi connectivity index (χ2n) is 7.98. The quantitative estimate of drug-likeness (QED) is 0.368. The molecule has 0 aromatic heterocycles. The van der Waals surface area contributed by atoms with Crippen LogP contribution >= 0.6 is 23.2 Å². The number of nitrogens with zero attached hydrogens (tertiary/aromatic N) is 1. The normalized spacial score (nSPS) is 13.0. The van der Waals surface area contributed by atoms with Gasteiger partial charge in [-0.3, -0.25) is 9.59 Å². The molecule has 2 aromatic rings. The summed E-state index contributed by atoms with van der Waals surface area (Å²) in [5.41, 5.74) is 4.30. The number of carbonyl (C=O) groups excluding carboxylic acids is 2. The summed E-state index contributed by atoms with van der Waals surface area (Å²) in [6, 6.07) is 9.48. The van der Waals surface area contributed by atoms with E-state index < -0.39 is 24.0 Å². The molecular weight excluding hydrogens is 465 g/mol. The SMILES string of the molecule is COc1ccc(/C=N\NC(=O)[C@H](CC(C)C)NC(=O)[C@H](C)Oc2ccc(Cl)cc2Cl)c(C)c1. The summed E-state index contributed by atoms with van der Waals surface area (Å²) < 4.78 is 10.8. The van der Waals surface area contributed by atoms with Gasteiger partial charge in [-0.15, -0.1) is 0 Å². The second-order valence-corrected chi connectivity index (χ2v) is 8.83. The van der Waals surface area contributed by atoms with Gasteiger partial charge in [0.15, 0.2) is 6.10 Å². The second kappa shape index (κ2) is 12.5. The maximum Gasteiger partial charge on any atom is 0.262 e. The first-order valence-electron chi connectivity index (χ1n) is 10.5. The lowest BCUT2D eigenvalue weighted by atomic mass is 10.0. The standard InChI is InChI=1S/C24H29Cl2N3O4/c1-14(2)10-21(24(31)29-27-13-17-6-8-19(32-5)11-15(17)3)28-23(30)16(4)33-22-9-7-18(25)12-20(22)26/h6-9,11-14,16,21H,10H2,1-5H3,(H,28,30)(H,29,31)/b27-13-/t16-,21-/m0/s1. The summed E-state index contributed by atoms with van der Waals surface area (Å²) in [6.07, 6.45) is 1.11. The molecule has 2 aromatic carbocycles. The maximum absolute atomic E-state index is 12.7. The fourth-order valence-electron chi connectivity index (χ4n) is 2.97. The molecule has 0 fully saturated rings. The first-order chi connectivity index (χ1) is 15.6. The summed E-state index contributed by atoms with van der Waals surface area (Å²) in [6.45, 7) is 7.42. The van der Waals surface area contributed by atoms with Crippen LogP contribution in [0, 0.1) is 12.8 Å². The van der Waals surface area contributed by atoms with Gasteiger partial charge in [-0.1, -0.05) is 37.0 Å². The van der Waals surface area contributed by atoms with Gasteiger partial charge in [0.1, 0.15) is 17.5 Å². The van der Waals surface area contributed by atoms with Crippen molar-refractivity contribution < 1.29 is 19.1 Å². The zero-order valence-electron chi connectivity index (χ0n) is 19.3. The number of amides is 2. The van der Waals surface area contributed by atoms with E-state index in [0.29, 0.717) is 22.2 Å². The minimum atomic E-state index is -0.878. The van der Waals surface area contributed by atoms with E-state index in [0.717, 1.165) is 16.9 Å². The van der Waals surface area contributed by atoms with E-state index in [2.05, 4.69) is 15.8 Å². The van der Waals surface area contributed by atoms with Crippen LogP contribution in [0.5, 0.6) is 11.5 Å². The van der Waals surface area contributed by atoms with E-state index in [9.17, 15) is 9.59 Å². The molecule has 0 saturated carbocycles. The van der Waals surface area contributed by atoms with Crippen LogP contribution in [0.4, 0.5) is 0 Å². The van der Waals surface area contributed by atoms with Crippen LogP contribution in [0.2, 0.25) is 10.0 Å². The van der Waals surface area contributed by atoms with Gasteiger partial charge in [-0.2, -0.15) is 5.10 Å². The van der Waals surface area contributed by atoms with Crippen molar-refractivity contribution in [1.82, 2.24) is 10.7 Å². The highest BCUT2D eigenvalue weighted by atomic mass is 35.5. The number of hydrogen-bond acceptors (Lipinski definition) is 5. The van der Waals surface area contributed by atoms with Gasteiger partial charge in [0, 0.05) is 5.02 Å². The Kier molecular flexibility index (Phi) is 10.0. The number of rotatable bonds is 10. The summed E-state index contributed by atoms with van der Waals surface area (Å²) in [5.74, 6) is 0.362. The van der Waals surface area contributed by atoms with Crippen molar-refractivity contribution in [2.24, 2.45) is 11.0 Å². The number of benzene rings is 2. The highest BCUT2D eigenvalue weighted by Gasteiger charge is 2.25. The fourth-order valence-corrected chi connectivity index (χ4v) is 3.42. The van der Waals surface area contributed by atoms with Gasteiger partial charge in [-0.25, -0.2) is 5.43 Å². The van der Waals surface area contributed by atoms with E-state index >= 15 is 0 Å². The van der Waals surface area contributed by atoms with E-state index in [1.54, 1.807) is 32.4 Å². The smallest absolute Gasteiger partial charge is 0.262 e. The van der Waals surface area contributed by atoms with Gasteiger partial charge in [0.2, 0.25) is 0 Å². The van der Waals surface area contributed by atoms with Crippen LogP contribution in [0.3, 0.4) is 0 Å². The third-order valence-corrected chi connectivity index (χ3v) is 5.29. The number of aryl methyl sites for hydroxylation is 1. The largest absolute Gasteiger partial charge is 0.497 e. The molecule has 33 heavy (non-hydrogen) atoms. The van der Waals surface area contributed by atoms with Crippen LogP contribution in [0.15, 0.2) is 41.5 Å². The van der Waals surface area contributed by atoms with Gasteiger partial charge in [0.25, 0.3) is 11.8 Å². The van der Waals surface area contributed by atoms with Gasteiger partial charge in [0.05, 0.1) is 18.3 Å². The minimum Gasteiger partial charge on any atom is -0.497 e. The minimum absolute atomic E-state index is 0.163. The molecular formula is C24H29Cl2N3O4. The summed E-state index contributed by atoms with van der Waals surface area (Å²) in [5, 5.41) is 7.54. The molecule has 7 nitrogen and oxygen atoms in total. The molecule has 0 aliphatic heterocycles. The van der Waals surface area contributed by atoms with E-state index in [1.165, 1.54) is 6.07 Å². The summed E-state index contributed by atoms with van der Waals surface area (Å²) >= 11 is 12.0. The Balaban J connectivity index is 2.02. The predicted molar refractivity (Wildman–Crippen MR) is 131 cm³/mol. The molecule has 0 spiro atoms. The maximum atomic E-state index is 12.7. The summed E-state index contributed by atoms with van der Waals surface area (Å²) in [4.78, 5) is 25.4. The monoisotopic (exact) mass is 493 g/mol. The van der Waals surface area contributed by atoms with Crippen molar-refractivity contribution in [3.8, 4) is 11.5 Å². The van der Waals surface area contributed by atoms with Crippen LogP contribution in [-0.4, -0.2) is 37.3 Å². The third-order valence-electron chi connectivity index (χ3n) is 4.76. The van der Waals surface area contributed by atoms with E-state index in [-0.39, 0.29) is 5.92 Å². The molecule has 2 atom stereocenters. The van der Waals surface area contributed by atoms with Gasteiger partial charge < -0.3 is 14.8 Å². The average molecular weight is 494 g/mol. The Morgan fingerprint density at radius 3 is 2.42 bits per heavy atom. The van der Waals surface area contributed by atoms with Crippen LogP contribution in [0.25, 0.3) is 0 Å². The molecule has 2 N–H and O–H groups in total. The molecule has 0 bridgehead atoms. The first kappa shape index (κ1) is 26.5. The lowest BCUT2D eigenvalue weighted by Gasteiger charge is -2.22. The zero-order valence-corrected chi connectivity index (χ0v) is 20.8. The van der Waals surface area contributed by atoms with Crippen LogP contribution in [-0.2, 0) is 9.59 Å². The number of nitrogens with one attached hydrogen (secondary N) is 2. The van der Waals surface area contributed by atoms with Crippen molar-refractivity contribution in [2.45, 2.75) is 46.3 Å². The topological polar surface area (TPSA) is 89.0 Å². The molecule has 0 unspecified atom stereocenters. The predicted octanol–water partition coefficient (Wildman–Crippen LogP) is 4.76. The Hall–Kier alpha value is -2.77. The summed E-state index contributed by atoms with van der Waals surface area (Å²) in [7, 11) is 1.60. The number of hydrazone groups is 1. The first-order valence-corrected chi connectivity index (χ1v) is 11.3. The molecule has 9 heteroatoms. The van der Waals surface area contributed by atoms with Crippen molar-refractivity contribution in [2.75, 3.05) is 7.11 Å². The zero-order chi connectivity index (χ0) is 24.5. The lowest BCUT2D eigenvalue weighted by Crippen LogP contribution is -2.49. The molecule has 0 aliphatic rings. The van der Waals surface area contributed by atoms with Gasteiger partial charge >= 0.3 is 0 Å². The Morgan fingerprint density at radius 1 is 1.09 bits per heavy atom. The molecule has 0 saturated heterocycles. The number of carbonyl (C=O) groups is 2. The molecule has 0 radical (unpaired) electrons. The van der Waals surface area contributed by atoms with Gasteiger partial charge in [-0.05, 0) is 73.7 Å². The Bertz CT molecular complexity index is 1010. The molecule has 2 rings (SSSR count). The van der Waals surface area contributed by atoms with Crippen LogP contribution in [0.1, 0.15) is 38.3 Å². The lowest BCUT2D eigenvalue weighted by molar-refractivity contribution is -0.132. The van der Waals surface area contributed by atoms with Crippen molar-refractivity contribution in [3.63, 3.8) is 0 Å². The highest BCUT2D eigenvalue weighted by Crippen LogP contribution is 2.28. The Labute approximate surface area is 204 Å². The highest BCUT2D eigenvalue weighted by molar-refractivity contribution is 6.35. The molecule has 0 heterocycles. The van der Waals surface area contributed by atoms with E-state index in [1.807, 2.05) is 39.0 Å². The average Bonchev–Trinajstić information content (AvgIpc) is 2.75.